The van der Waals surface area contributed by atoms with Crippen LogP contribution in [0.3, 0.4) is 0 Å². The highest BCUT2D eigenvalue weighted by Gasteiger charge is 2.48. The molecular weight excluding hydrogens is 841 g/mol. The summed E-state index contributed by atoms with van der Waals surface area (Å²) in [7, 11) is -14.5. The zero-order chi connectivity index (χ0) is 42.2. The van der Waals surface area contributed by atoms with Crippen molar-refractivity contribution in [2.75, 3.05) is 37.3 Å². The van der Waals surface area contributed by atoms with E-state index in [1.807, 2.05) is 6.92 Å². The first-order valence-corrected chi connectivity index (χ1v) is 21.3. The Morgan fingerprint density at radius 2 is 1.31 bits per heavy atom. The SMILES string of the molecule is CC1=NN(C)c2ncnc3c2n1c[n+]3C1CC(COP(=O)([O-])OP(=O)([O-])OP(=O)([O-])[O-])C(O)C1O.CC1=NN(C)c2ncnc3c2n1c[n+]3C1OC(CO)C(O)C1O. The summed E-state index contributed by atoms with van der Waals surface area (Å²) >= 11 is 0. The van der Waals surface area contributed by atoms with Crippen LogP contribution in [0.1, 0.15) is 32.5 Å². The van der Waals surface area contributed by atoms with Gasteiger partial charge in [0.05, 0.1) is 27.1 Å². The van der Waals surface area contributed by atoms with Gasteiger partial charge in [-0.05, 0) is 6.42 Å². The average molecular weight is 877 g/mol. The highest BCUT2D eigenvalue weighted by atomic mass is 31.3. The minimum Gasteiger partial charge on any atom is -0.790 e. The summed E-state index contributed by atoms with van der Waals surface area (Å²) in [5.41, 5.74) is 2.27. The molecule has 4 aromatic heterocycles. The lowest BCUT2D eigenvalue weighted by Gasteiger charge is -2.37. The number of hydrogen-bond acceptors (Lipinski definition) is 24. The van der Waals surface area contributed by atoms with Gasteiger partial charge in [-0.3, -0.25) is 13.4 Å². The van der Waals surface area contributed by atoms with Crippen LogP contribution in [0.4, 0.5) is 11.6 Å². The smallest absolute Gasteiger partial charge is 0.310 e. The van der Waals surface area contributed by atoms with Crippen molar-refractivity contribution in [1.82, 2.24) is 29.1 Å². The molecule has 2 fully saturated rings. The lowest BCUT2D eigenvalue weighted by molar-refractivity contribution is -0.745. The Morgan fingerprint density at radius 1 is 0.776 bits per heavy atom. The fourth-order valence-corrected chi connectivity index (χ4v) is 10.1. The van der Waals surface area contributed by atoms with Gasteiger partial charge in [0.2, 0.25) is 17.3 Å². The van der Waals surface area contributed by atoms with Crippen LogP contribution in [0.5, 0.6) is 0 Å². The number of phosphoric acid groups is 3. The molecule has 10 atom stereocenters. The van der Waals surface area contributed by atoms with E-state index < -0.39 is 78.8 Å². The molecule has 0 aromatic carbocycles. The topological polar surface area (TPSA) is 382 Å². The van der Waals surface area contributed by atoms with Gasteiger partial charge in [-0.15, -0.1) is 10.2 Å². The summed E-state index contributed by atoms with van der Waals surface area (Å²) in [5.74, 6) is 1.37. The molecule has 3 aliphatic heterocycles. The number of nitrogens with zero attached hydrogens (tertiary/aromatic N) is 12. The van der Waals surface area contributed by atoms with Crippen LogP contribution in [0.2, 0.25) is 0 Å². The molecule has 0 radical (unpaired) electrons. The molecule has 1 aliphatic carbocycles. The molecule has 31 heteroatoms. The number of ether oxygens (including phenoxy) is 1. The van der Waals surface area contributed by atoms with Crippen molar-refractivity contribution in [1.29, 1.82) is 0 Å². The van der Waals surface area contributed by atoms with Crippen LogP contribution in [-0.2, 0) is 31.6 Å². The number of anilines is 2. The zero-order valence-electron chi connectivity index (χ0n) is 30.5. The van der Waals surface area contributed by atoms with Crippen molar-refractivity contribution < 1.29 is 85.8 Å². The summed E-state index contributed by atoms with van der Waals surface area (Å²) in [6, 6.07) is -0.811. The Kier molecular flexibility index (Phi) is 11.2. The molecule has 10 unspecified atom stereocenters. The summed E-state index contributed by atoms with van der Waals surface area (Å²) in [6.45, 7) is 2.35. The largest absolute Gasteiger partial charge is 0.790 e. The molecule has 28 nitrogen and oxygen atoms in total. The zero-order valence-corrected chi connectivity index (χ0v) is 33.2. The van der Waals surface area contributed by atoms with Gasteiger partial charge in [-0.25, -0.2) is 32.6 Å². The second kappa shape index (κ2) is 15.3. The van der Waals surface area contributed by atoms with Crippen LogP contribution in [0, 0.1) is 5.92 Å². The molecule has 4 aromatic rings. The van der Waals surface area contributed by atoms with Gasteiger partial charge in [-0.2, -0.15) is 9.97 Å². The maximum atomic E-state index is 11.8. The second-order valence-electron chi connectivity index (χ2n) is 13.4. The van der Waals surface area contributed by atoms with Crippen LogP contribution in [0.15, 0.2) is 35.5 Å². The third-order valence-electron chi connectivity index (χ3n) is 9.68. The number of hydrazone groups is 2. The molecule has 0 bridgehead atoms. The summed E-state index contributed by atoms with van der Waals surface area (Å²) in [6.07, 6.45) is -1.00. The number of rotatable bonds is 10. The van der Waals surface area contributed by atoms with E-state index in [0.29, 0.717) is 40.1 Å². The van der Waals surface area contributed by atoms with E-state index in [-0.39, 0.29) is 13.0 Å². The van der Waals surface area contributed by atoms with E-state index in [1.165, 1.54) is 12.7 Å². The molecule has 0 amide bonds. The van der Waals surface area contributed by atoms with Gasteiger partial charge in [0, 0.05) is 33.9 Å². The number of phosphoric ester groups is 1. The monoisotopic (exact) mass is 876 g/mol. The molecule has 1 saturated heterocycles. The first-order valence-electron chi connectivity index (χ1n) is 16.9. The van der Waals surface area contributed by atoms with Crippen molar-refractivity contribution in [3.63, 3.8) is 0 Å². The lowest BCUT2D eigenvalue weighted by atomic mass is 10.1. The molecule has 0 spiro atoms. The summed E-state index contributed by atoms with van der Waals surface area (Å²) in [4.78, 5) is 60.9. The normalized spacial score (nSPS) is 28.9. The first-order chi connectivity index (χ1) is 27.1. The average Bonchev–Trinajstić information content (AvgIpc) is 3.86. The molecule has 58 heavy (non-hydrogen) atoms. The predicted octanol–water partition coefficient (Wildman–Crippen LogP) is -5.59. The minimum atomic E-state index is -6.12. The van der Waals surface area contributed by atoms with Gasteiger partial charge in [0.15, 0.2) is 48.6 Å². The van der Waals surface area contributed by atoms with Crippen LogP contribution in [-0.4, -0.2) is 124 Å². The molecule has 5 N–H and O–H groups in total. The van der Waals surface area contributed by atoms with Gasteiger partial charge in [0.25, 0.3) is 15.6 Å². The van der Waals surface area contributed by atoms with Crippen molar-refractivity contribution in [2.24, 2.45) is 16.1 Å². The van der Waals surface area contributed by atoms with Gasteiger partial charge >= 0.3 is 11.3 Å². The first kappa shape index (κ1) is 42.3. The van der Waals surface area contributed by atoms with E-state index in [0.717, 1.165) is 5.52 Å². The lowest BCUT2D eigenvalue weighted by Crippen LogP contribution is -2.46. The number of aromatic nitrogens is 8. The Balaban J connectivity index is 0.000000192. The molecule has 1 saturated carbocycles. The number of aliphatic hydroxyl groups is 5. The Bertz CT molecular complexity index is 2460. The quantitative estimate of drug-likeness (QED) is 0.0732. The van der Waals surface area contributed by atoms with E-state index in [2.05, 4.69) is 43.3 Å². The Labute approximate surface area is 325 Å². The van der Waals surface area contributed by atoms with E-state index in [1.54, 1.807) is 62.0 Å². The maximum Gasteiger partial charge on any atom is 0.310 e. The number of imidazole rings is 2. The van der Waals surface area contributed by atoms with Crippen LogP contribution < -0.4 is 38.7 Å². The van der Waals surface area contributed by atoms with Crippen molar-refractivity contribution in [3.05, 3.63) is 25.3 Å². The van der Waals surface area contributed by atoms with Crippen molar-refractivity contribution >= 4 is 69.1 Å². The summed E-state index contributed by atoms with van der Waals surface area (Å²) < 4.78 is 56.8. The van der Waals surface area contributed by atoms with E-state index in [9.17, 15) is 58.8 Å². The predicted molar refractivity (Wildman–Crippen MR) is 182 cm³/mol. The van der Waals surface area contributed by atoms with E-state index >= 15 is 0 Å². The van der Waals surface area contributed by atoms with Gasteiger partial charge in [-0.1, -0.05) is 9.97 Å². The Morgan fingerprint density at radius 3 is 1.83 bits per heavy atom. The molecule has 7 heterocycles. The third-order valence-corrected chi connectivity index (χ3v) is 13.3. The molecular formula is C27H35N12O16P3-2. The Hall–Kier alpha value is -3.79. The maximum absolute atomic E-state index is 11.8. The standard InChI is InChI=1S/C14H21N6O12P3.C13H17N6O4/c1-7-17-18(2)13-10-14(16-5-15-13)20(6-19(7)10)9-3-8(11(21)12(9)22)4-30-34(26,27)32-35(28,29)31-33(23,24)25;1-6-16-17(2)11-8-12(15-4-14-11)19(5-18(6)8)13-10(22)9(21)7(3-20)23-13/h5-6,8-9,11-12,21-22H,3-4H2,1-2H3,(H3-,23,24,25,26,27,28,29);4-5,7,9-10,13,20-22H,3H2,1-2H3/q;+1/p-3. The highest BCUT2D eigenvalue weighted by molar-refractivity contribution is 7.64. The van der Waals surface area contributed by atoms with Crippen molar-refractivity contribution in [3.8, 4) is 0 Å². The van der Waals surface area contributed by atoms with Gasteiger partial charge in [0.1, 0.15) is 30.5 Å². The van der Waals surface area contributed by atoms with E-state index in [4.69, 9.17) is 4.74 Å². The van der Waals surface area contributed by atoms with Crippen LogP contribution >= 0.6 is 23.5 Å². The molecule has 8 rings (SSSR count). The fourth-order valence-electron chi connectivity index (χ4n) is 7.14. The second-order valence-corrected chi connectivity index (χ2v) is 17.7. The number of aliphatic hydroxyl groups excluding tert-OH is 5. The highest BCUT2D eigenvalue weighted by Crippen LogP contribution is 2.60. The summed E-state index contributed by atoms with van der Waals surface area (Å²) in [5, 5.41) is 62.5. The van der Waals surface area contributed by atoms with Crippen molar-refractivity contribution in [2.45, 2.75) is 63.1 Å². The van der Waals surface area contributed by atoms with Gasteiger partial charge < -0.3 is 58.9 Å². The fraction of sp³-hybridized carbons (Fsp3) is 0.556. The molecule has 4 aliphatic rings. The third kappa shape index (κ3) is 7.83. The minimum absolute atomic E-state index is 0.0423. The number of hydrogen-bond donors (Lipinski definition) is 5. The van der Waals surface area contributed by atoms with Crippen LogP contribution in [0.25, 0.3) is 22.3 Å². The molecule has 316 valence electrons.